The maximum absolute atomic E-state index is 10.7. The molecule has 0 heterocycles. The Morgan fingerprint density at radius 1 is 1.58 bits per heavy atom. The van der Waals surface area contributed by atoms with Gasteiger partial charge in [0.2, 0.25) is 0 Å². The molecule has 0 saturated heterocycles. The van der Waals surface area contributed by atoms with E-state index in [2.05, 4.69) is 19.5 Å². The molecule has 8 heteroatoms. The molecule has 7 nitrogen and oxygen atoms in total. The van der Waals surface area contributed by atoms with Crippen molar-refractivity contribution < 1.29 is 8.42 Å². The molecule has 0 aliphatic carbocycles. The molecular formula is C4H11N5O2S. The number of nitrogens with zero attached hydrogens (tertiary/aromatic N) is 3. The van der Waals surface area contributed by atoms with Gasteiger partial charge in [-0.15, -0.1) is 0 Å². The number of hydrogen-bond acceptors (Lipinski definition) is 3. The molecule has 0 unspecified atom stereocenters. The average molecular weight is 193 g/mol. The minimum Gasteiger partial charge on any atom is -0.205 e. The van der Waals surface area contributed by atoms with Crippen LogP contribution in [0, 0.1) is 0 Å². The molecule has 0 fully saturated rings. The minimum absolute atomic E-state index is 0.266. The maximum atomic E-state index is 10.7. The molecule has 0 aromatic carbocycles. The summed E-state index contributed by atoms with van der Waals surface area (Å²) < 4.78 is 25.7. The smallest absolute Gasteiger partial charge is 0.205 e. The second-order valence-electron chi connectivity index (χ2n) is 1.91. The summed E-state index contributed by atoms with van der Waals surface area (Å²) in [6.45, 7) is 0.560. The Labute approximate surface area is 71.0 Å². The van der Waals surface area contributed by atoms with E-state index in [-0.39, 0.29) is 6.54 Å². The van der Waals surface area contributed by atoms with Crippen LogP contribution in [0.15, 0.2) is 5.11 Å². The van der Waals surface area contributed by atoms with Gasteiger partial charge < -0.3 is 0 Å². The summed E-state index contributed by atoms with van der Waals surface area (Å²) in [4.78, 5) is 2.52. The highest BCUT2D eigenvalue weighted by Crippen LogP contribution is 1.81. The van der Waals surface area contributed by atoms with E-state index in [4.69, 9.17) is 5.53 Å². The first-order chi connectivity index (χ1) is 5.62. The zero-order valence-electron chi connectivity index (χ0n) is 6.69. The molecule has 0 spiro atoms. The second kappa shape index (κ2) is 5.78. The Balaban J connectivity index is 3.50. The lowest BCUT2D eigenvalue weighted by Gasteiger charge is -2.02. The van der Waals surface area contributed by atoms with Gasteiger partial charge in [0.05, 0.1) is 0 Å². The maximum Gasteiger partial charge on any atom is 0.276 e. The van der Waals surface area contributed by atoms with Crippen LogP contribution in [0.1, 0.15) is 6.42 Å². The lowest BCUT2D eigenvalue weighted by molar-refractivity contribution is 0.571. The molecule has 0 saturated carbocycles. The molecule has 2 N–H and O–H groups in total. The number of nitrogens with one attached hydrogen (secondary N) is 2. The van der Waals surface area contributed by atoms with Gasteiger partial charge in [0.15, 0.2) is 0 Å². The van der Waals surface area contributed by atoms with Crippen LogP contribution >= 0.6 is 0 Å². The summed E-state index contributed by atoms with van der Waals surface area (Å²) in [5.74, 6) is 0. The van der Waals surface area contributed by atoms with Crippen molar-refractivity contribution in [2.45, 2.75) is 6.42 Å². The molecule has 0 amide bonds. The quantitative estimate of drug-likeness (QED) is 0.262. The molecule has 0 atom stereocenters. The molecule has 70 valence electrons. The van der Waals surface area contributed by atoms with Gasteiger partial charge in [0.1, 0.15) is 0 Å². The molecule has 0 aromatic heterocycles. The van der Waals surface area contributed by atoms with Gasteiger partial charge in [-0.25, -0.2) is 9.44 Å². The Morgan fingerprint density at radius 3 is 2.75 bits per heavy atom. The van der Waals surface area contributed by atoms with Crippen LogP contribution in [-0.4, -0.2) is 28.6 Å². The Bertz CT molecular complexity index is 255. The predicted octanol–water partition coefficient (Wildman–Crippen LogP) is -0.259. The van der Waals surface area contributed by atoms with Gasteiger partial charge in [0.25, 0.3) is 10.2 Å². The highest BCUT2D eigenvalue weighted by molar-refractivity contribution is 7.87. The third-order valence-corrected chi connectivity index (χ3v) is 2.18. The van der Waals surface area contributed by atoms with E-state index >= 15 is 0 Å². The van der Waals surface area contributed by atoms with Gasteiger partial charge >= 0.3 is 0 Å². The van der Waals surface area contributed by atoms with Gasteiger partial charge in [-0.05, 0) is 12.0 Å². The highest BCUT2D eigenvalue weighted by Gasteiger charge is 2.02. The van der Waals surface area contributed by atoms with E-state index in [0.29, 0.717) is 13.0 Å². The van der Waals surface area contributed by atoms with Crippen molar-refractivity contribution in [1.29, 1.82) is 0 Å². The predicted molar refractivity (Wildman–Crippen MR) is 44.6 cm³/mol. The van der Waals surface area contributed by atoms with Crippen molar-refractivity contribution >= 4 is 10.2 Å². The van der Waals surface area contributed by atoms with Gasteiger partial charge in [-0.2, -0.15) is 8.42 Å². The van der Waals surface area contributed by atoms with Crippen molar-refractivity contribution in [3.63, 3.8) is 0 Å². The standard InChI is InChI=1S/C4H11N5O2S/c1-6-12(10,11)8-4-2-3-7-9-5/h6,8H,2-4H2,1H3. The lowest BCUT2D eigenvalue weighted by Crippen LogP contribution is -2.34. The summed E-state index contributed by atoms with van der Waals surface area (Å²) in [5, 5.41) is 3.24. The van der Waals surface area contributed by atoms with E-state index in [9.17, 15) is 8.42 Å². The lowest BCUT2D eigenvalue weighted by atomic mass is 10.4. The third kappa shape index (κ3) is 5.93. The zero-order valence-corrected chi connectivity index (χ0v) is 7.50. The summed E-state index contributed by atoms with van der Waals surface area (Å²) in [6, 6.07) is 0. The molecule has 0 bridgehead atoms. The number of hydrogen-bond donors (Lipinski definition) is 2. The Hall–Kier alpha value is -0.820. The van der Waals surface area contributed by atoms with Crippen molar-refractivity contribution in [1.82, 2.24) is 9.44 Å². The van der Waals surface area contributed by atoms with Gasteiger partial charge in [0, 0.05) is 25.0 Å². The third-order valence-electron chi connectivity index (χ3n) is 1.06. The van der Waals surface area contributed by atoms with E-state index < -0.39 is 10.2 Å². The topological polar surface area (TPSA) is 107 Å². The molecule has 12 heavy (non-hydrogen) atoms. The first-order valence-corrected chi connectivity index (χ1v) is 4.79. The van der Waals surface area contributed by atoms with Gasteiger partial charge in [-0.1, -0.05) is 5.11 Å². The van der Waals surface area contributed by atoms with Crippen LogP contribution in [0.2, 0.25) is 0 Å². The zero-order chi connectivity index (χ0) is 9.45. The molecular weight excluding hydrogens is 182 g/mol. The van der Waals surface area contributed by atoms with Crippen molar-refractivity contribution in [2.24, 2.45) is 5.11 Å². The van der Waals surface area contributed by atoms with Crippen LogP contribution in [0.5, 0.6) is 0 Å². The van der Waals surface area contributed by atoms with Crippen LogP contribution in [0.3, 0.4) is 0 Å². The van der Waals surface area contributed by atoms with Gasteiger partial charge in [-0.3, -0.25) is 0 Å². The Morgan fingerprint density at radius 2 is 2.25 bits per heavy atom. The first-order valence-electron chi connectivity index (χ1n) is 3.31. The fourth-order valence-corrected chi connectivity index (χ4v) is 1.03. The summed E-state index contributed by atoms with van der Waals surface area (Å²) in [7, 11) is -2.03. The molecule has 0 aromatic rings. The summed E-state index contributed by atoms with van der Waals surface area (Å²) in [6.07, 6.45) is 0.491. The molecule has 0 aliphatic heterocycles. The van der Waals surface area contributed by atoms with Crippen LogP contribution in [-0.2, 0) is 10.2 Å². The number of rotatable bonds is 6. The van der Waals surface area contributed by atoms with Crippen LogP contribution in [0.4, 0.5) is 0 Å². The van der Waals surface area contributed by atoms with E-state index in [1.165, 1.54) is 7.05 Å². The van der Waals surface area contributed by atoms with E-state index in [0.717, 1.165) is 0 Å². The minimum atomic E-state index is -3.34. The second-order valence-corrected chi connectivity index (χ2v) is 3.61. The molecule has 0 radical (unpaired) electrons. The molecule has 0 aliphatic rings. The van der Waals surface area contributed by atoms with Crippen LogP contribution in [0.25, 0.3) is 10.4 Å². The van der Waals surface area contributed by atoms with E-state index in [1.807, 2.05) is 0 Å². The first kappa shape index (κ1) is 11.2. The highest BCUT2D eigenvalue weighted by atomic mass is 32.2. The normalized spacial score (nSPS) is 10.8. The average Bonchev–Trinajstić information content (AvgIpc) is 2.04. The van der Waals surface area contributed by atoms with Crippen molar-refractivity contribution in [2.75, 3.05) is 20.1 Å². The van der Waals surface area contributed by atoms with Crippen molar-refractivity contribution in [3.8, 4) is 0 Å². The fraction of sp³-hybridized carbons (Fsp3) is 1.00. The fourth-order valence-electron chi connectivity index (χ4n) is 0.473. The largest absolute Gasteiger partial charge is 0.276 e. The monoisotopic (exact) mass is 193 g/mol. The SMILES string of the molecule is CNS(=O)(=O)NCCCN=[N+]=[N-]. The summed E-state index contributed by atoms with van der Waals surface area (Å²) >= 11 is 0. The Kier molecular flexibility index (Phi) is 5.39. The van der Waals surface area contributed by atoms with E-state index in [1.54, 1.807) is 0 Å². The number of azide groups is 1. The van der Waals surface area contributed by atoms with Crippen molar-refractivity contribution in [3.05, 3.63) is 10.4 Å². The van der Waals surface area contributed by atoms with Crippen LogP contribution < -0.4 is 9.44 Å². The summed E-state index contributed by atoms with van der Waals surface area (Å²) in [5.41, 5.74) is 7.88. The molecule has 0 rings (SSSR count).